The fourth-order valence-corrected chi connectivity index (χ4v) is 2.11. The van der Waals surface area contributed by atoms with E-state index in [1.54, 1.807) is 11.3 Å². The molecule has 0 saturated heterocycles. The summed E-state index contributed by atoms with van der Waals surface area (Å²) in [6, 6.07) is 0. The largest absolute Gasteiger partial charge is 0.147 e. The SMILES string of the molecule is CCCCCCCCCc1nncs1. The van der Waals surface area contributed by atoms with Crippen molar-refractivity contribution in [2.45, 2.75) is 58.3 Å². The summed E-state index contributed by atoms with van der Waals surface area (Å²) < 4.78 is 0. The number of unbranched alkanes of at least 4 members (excludes halogenated alkanes) is 6. The lowest BCUT2D eigenvalue weighted by atomic mass is 10.1. The van der Waals surface area contributed by atoms with Crippen LogP contribution in [0.5, 0.6) is 0 Å². The molecule has 1 rings (SSSR count). The Morgan fingerprint density at radius 3 is 2.43 bits per heavy atom. The number of rotatable bonds is 8. The van der Waals surface area contributed by atoms with E-state index in [0.717, 1.165) is 6.42 Å². The highest BCUT2D eigenvalue weighted by molar-refractivity contribution is 7.09. The van der Waals surface area contributed by atoms with E-state index in [4.69, 9.17) is 0 Å². The fraction of sp³-hybridized carbons (Fsp3) is 0.818. The lowest BCUT2D eigenvalue weighted by Gasteiger charge is -1.99. The first-order valence-electron chi connectivity index (χ1n) is 5.68. The highest BCUT2D eigenvalue weighted by Crippen LogP contribution is 2.10. The third-order valence-electron chi connectivity index (χ3n) is 2.40. The summed E-state index contributed by atoms with van der Waals surface area (Å²) in [5, 5.41) is 9.06. The first kappa shape index (κ1) is 11.6. The smallest absolute Gasteiger partial charge is 0.117 e. The summed E-state index contributed by atoms with van der Waals surface area (Å²) in [7, 11) is 0. The summed E-state index contributed by atoms with van der Waals surface area (Å²) in [5.41, 5.74) is 1.82. The van der Waals surface area contributed by atoms with Crippen molar-refractivity contribution < 1.29 is 0 Å². The van der Waals surface area contributed by atoms with Crippen molar-refractivity contribution in [2.24, 2.45) is 0 Å². The van der Waals surface area contributed by atoms with E-state index < -0.39 is 0 Å². The van der Waals surface area contributed by atoms with Crippen LogP contribution in [0.3, 0.4) is 0 Å². The van der Waals surface area contributed by atoms with Gasteiger partial charge in [-0.25, -0.2) is 0 Å². The Bertz CT molecular complexity index is 209. The van der Waals surface area contributed by atoms with Gasteiger partial charge in [0.15, 0.2) is 0 Å². The zero-order chi connectivity index (χ0) is 10.1. The summed E-state index contributed by atoms with van der Waals surface area (Å²) in [6.45, 7) is 2.26. The molecule has 0 aliphatic carbocycles. The molecule has 0 aliphatic rings. The molecular weight excluding hydrogens is 192 g/mol. The van der Waals surface area contributed by atoms with Crippen LogP contribution in [0.15, 0.2) is 5.51 Å². The Morgan fingerprint density at radius 2 is 1.79 bits per heavy atom. The molecule has 2 nitrogen and oxygen atoms in total. The van der Waals surface area contributed by atoms with Crippen molar-refractivity contribution in [1.82, 2.24) is 10.2 Å². The number of aryl methyl sites for hydroxylation is 1. The molecule has 1 aromatic rings. The molecule has 80 valence electrons. The van der Waals surface area contributed by atoms with E-state index in [1.807, 2.05) is 5.51 Å². The first-order chi connectivity index (χ1) is 6.93. The lowest BCUT2D eigenvalue weighted by Crippen LogP contribution is -1.85. The Kier molecular flexibility index (Phi) is 6.58. The average Bonchev–Trinajstić information content (AvgIpc) is 2.69. The van der Waals surface area contributed by atoms with Crippen molar-refractivity contribution in [1.29, 1.82) is 0 Å². The molecule has 0 bridgehead atoms. The molecule has 0 N–H and O–H groups in total. The van der Waals surface area contributed by atoms with Crippen molar-refractivity contribution in [3.05, 3.63) is 10.5 Å². The van der Waals surface area contributed by atoms with Gasteiger partial charge >= 0.3 is 0 Å². The second-order valence-corrected chi connectivity index (χ2v) is 4.62. The minimum atomic E-state index is 1.12. The van der Waals surface area contributed by atoms with Gasteiger partial charge in [0.1, 0.15) is 10.5 Å². The highest BCUT2D eigenvalue weighted by Gasteiger charge is 1.96. The molecule has 0 saturated carbocycles. The second kappa shape index (κ2) is 7.92. The third kappa shape index (κ3) is 5.32. The average molecular weight is 212 g/mol. The van der Waals surface area contributed by atoms with Gasteiger partial charge < -0.3 is 0 Å². The quantitative estimate of drug-likeness (QED) is 0.612. The van der Waals surface area contributed by atoms with Crippen LogP contribution in [-0.2, 0) is 6.42 Å². The van der Waals surface area contributed by atoms with Crippen LogP contribution in [-0.4, -0.2) is 10.2 Å². The molecule has 0 fully saturated rings. The van der Waals surface area contributed by atoms with Gasteiger partial charge in [-0.2, -0.15) is 0 Å². The predicted octanol–water partition coefficient (Wildman–Crippen LogP) is 3.83. The summed E-state index contributed by atoms with van der Waals surface area (Å²) >= 11 is 1.67. The first-order valence-corrected chi connectivity index (χ1v) is 6.56. The molecule has 14 heavy (non-hydrogen) atoms. The molecule has 0 unspecified atom stereocenters. The van der Waals surface area contributed by atoms with E-state index in [-0.39, 0.29) is 0 Å². The topological polar surface area (TPSA) is 25.8 Å². The van der Waals surface area contributed by atoms with Gasteiger partial charge in [-0.1, -0.05) is 45.4 Å². The molecule has 0 atom stereocenters. The zero-order valence-corrected chi connectivity index (χ0v) is 9.85. The van der Waals surface area contributed by atoms with Crippen molar-refractivity contribution >= 4 is 11.3 Å². The Labute approximate surface area is 90.8 Å². The highest BCUT2D eigenvalue weighted by atomic mass is 32.1. The minimum Gasteiger partial charge on any atom is -0.147 e. The molecule has 0 aromatic carbocycles. The molecule has 0 radical (unpaired) electrons. The van der Waals surface area contributed by atoms with Gasteiger partial charge in [-0.3, -0.25) is 0 Å². The monoisotopic (exact) mass is 212 g/mol. The van der Waals surface area contributed by atoms with Gasteiger partial charge in [-0.05, 0) is 6.42 Å². The molecule has 3 heteroatoms. The number of nitrogens with zero attached hydrogens (tertiary/aromatic N) is 2. The van der Waals surface area contributed by atoms with Crippen molar-refractivity contribution in [3.8, 4) is 0 Å². The molecular formula is C11H20N2S. The van der Waals surface area contributed by atoms with Gasteiger partial charge in [0.05, 0.1) is 0 Å². The van der Waals surface area contributed by atoms with Gasteiger partial charge in [0.25, 0.3) is 0 Å². The van der Waals surface area contributed by atoms with E-state index in [0.29, 0.717) is 0 Å². The summed E-state index contributed by atoms with van der Waals surface area (Å²) in [6.07, 6.45) is 10.7. The van der Waals surface area contributed by atoms with Crippen molar-refractivity contribution in [3.63, 3.8) is 0 Å². The maximum Gasteiger partial charge on any atom is 0.117 e. The molecule has 1 aromatic heterocycles. The Hall–Kier alpha value is -0.440. The number of hydrogen-bond acceptors (Lipinski definition) is 3. The summed E-state index contributed by atoms with van der Waals surface area (Å²) in [4.78, 5) is 0. The van der Waals surface area contributed by atoms with Crippen LogP contribution in [0.2, 0.25) is 0 Å². The molecule has 0 aliphatic heterocycles. The minimum absolute atomic E-state index is 1.12. The van der Waals surface area contributed by atoms with Gasteiger partial charge in [-0.15, -0.1) is 21.5 Å². The maximum atomic E-state index is 4.03. The summed E-state index contributed by atoms with van der Waals surface area (Å²) in [5.74, 6) is 0. The van der Waals surface area contributed by atoms with Crippen LogP contribution < -0.4 is 0 Å². The van der Waals surface area contributed by atoms with Crippen LogP contribution in [0, 0.1) is 0 Å². The van der Waals surface area contributed by atoms with E-state index >= 15 is 0 Å². The van der Waals surface area contributed by atoms with E-state index in [2.05, 4.69) is 17.1 Å². The third-order valence-corrected chi connectivity index (χ3v) is 3.16. The van der Waals surface area contributed by atoms with Crippen LogP contribution >= 0.6 is 11.3 Å². The van der Waals surface area contributed by atoms with Gasteiger partial charge in [0, 0.05) is 6.42 Å². The second-order valence-electron chi connectivity index (χ2n) is 3.70. The van der Waals surface area contributed by atoms with E-state index in [1.165, 1.54) is 50.0 Å². The van der Waals surface area contributed by atoms with Gasteiger partial charge in [0.2, 0.25) is 0 Å². The zero-order valence-electron chi connectivity index (χ0n) is 9.04. The standard InChI is InChI=1S/C11H20N2S/c1-2-3-4-5-6-7-8-9-11-13-12-10-14-11/h10H,2-9H2,1H3. The molecule has 1 heterocycles. The van der Waals surface area contributed by atoms with Crippen LogP contribution in [0.4, 0.5) is 0 Å². The molecule has 0 spiro atoms. The number of hydrogen-bond donors (Lipinski definition) is 0. The number of aromatic nitrogens is 2. The fourth-order valence-electron chi connectivity index (χ4n) is 1.54. The predicted molar refractivity (Wildman–Crippen MR) is 61.6 cm³/mol. The van der Waals surface area contributed by atoms with Crippen LogP contribution in [0.1, 0.15) is 56.9 Å². The lowest BCUT2D eigenvalue weighted by molar-refractivity contribution is 0.588. The Balaban J connectivity index is 1.85. The maximum absolute atomic E-state index is 4.03. The van der Waals surface area contributed by atoms with Crippen molar-refractivity contribution in [2.75, 3.05) is 0 Å². The molecule has 0 amide bonds. The van der Waals surface area contributed by atoms with Crippen LogP contribution in [0.25, 0.3) is 0 Å². The normalized spacial score (nSPS) is 10.6. The Morgan fingerprint density at radius 1 is 1.07 bits per heavy atom. The van der Waals surface area contributed by atoms with E-state index in [9.17, 15) is 0 Å².